The highest BCUT2D eigenvalue weighted by atomic mass is 127. The third-order valence-electron chi connectivity index (χ3n) is 3.90. The molecule has 1 saturated heterocycles. The van der Waals surface area contributed by atoms with E-state index in [0.29, 0.717) is 24.3 Å². The fraction of sp³-hybridized carbons (Fsp3) is 0.235. The van der Waals surface area contributed by atoms with E-state index in [1.165, 1.54) is 16.4 Å². The molecule has 0 spiro atoms. The minimum Gasteiger partial charge on any atom is -0.322 e. The number of benzene rings is 2. The lowest BCUT2D eigenvalue weighted by molar-refractivity contribution is 0.102. The van der Waals surface area contributed by atoms with E-state index in [2.05, 4.69) is 27.9 Å². The molecule has 0 saturated carbocycles. The van der Waals surface area contributed by atoms with E-state index in [1.54, 1.807) is 12.1 Å². The van der Waals surface area contributed by atoms with Crippen molar-refractivity contribution in [2.24, 2.45) is 0 Å². The maximum absolute atomic E-state index is 12.5. The van der Waals surface area contributed by atoms with Gasteiger partial charge in [-0.15, -0.1) is 0 Å². The fourth-order valence-corrected chi connectivity index (χ4v) is 4.69. The second-order valence-corrected chi connectivity index (χ2v) is 8.78. The van der Waals surface area contributed by atoms with Gasteiger partial charge in [0.2, 0.25) is 10.0 Å². The second kappa shape index (κ2) is 7.20. The van der Waals surface area contributed by atoms with Crippen LogP contribution in [0.25, 0.3) is 0 Å². The van der Waals surface area contributed by atoms with Crippen LogP contribution in [-0.4, -0.2) is 31.7 Å². The zero-order valence-electron chi connectivity index (χ0n) is 12.9. The van der Waals surface area contributed by atoms with Crippen molar-refractivity contribution in [1.29, 1.82) is 0 Å². The van der Waals surface area contributed by atoms with Crippen molar-refractivity contribution in [2.75, 3.05) is 18.4 Å². The van der Waals surface area contributed by atoms with Gasteiger partial charge in [-0.25, -0.2) is 8.42 Å². The molecule has 1 aliphatic rings. The predicted octanol–water partition coefficient (Wildman–Crippen LogP) is 3.33. The van der Waals surface area contributed by atoms with E-state index in [-0.39, 0.29) is 10.8 Å². The zero-order valence-corrected chi connectivity index (χ0v) is 15.9. The number of halogens is 1. The van der Waals surface area contributed by atoms with Crippen LogP contribution in [0.5, 0.6) is 0 Å². The summed E-state index contributed by atoms with van der Waals surface area (Å²) in [5, 5.41) is 2.81. The lowest BCUT2D eigenvalue weighted by Gasteiger charge is -2.15. The summed E-state index contributed by atoms with van der Waals surface area (Å²) in [5.74, 6) is -0.262. The molecule has 0 unspecified atom stereocenters. The SMILES string of the molecule is O=C(Nc1cccc(I)c1)c1ccc(S(=O)(=O)N2CCCC2)cc1. The van der Waals surface area contributed by atoms with Crippen molar-refractivity contribution < 1.29 is 13.2 Å². The molecule has 24 heavy (non-hydrogen) atoms. The lowest BCUT2D eigenvalue weighted by atomic mass is 10.2. The first-order chi connectivity index (χ1) is 11.5. The number of amides is 1. The summed E-state index contributed by atoms with van der Waals surface area (Å²) < 4.78 is 27.5. The summed E-state index contributed by atoms with van der Waals surface area (Å²) in [6.45, 7) is 1.13. The first kappa shape index (κ1) is 17.4. The number of nitrogens with one attached hydrogen (secondary N) is 1. The Hall–Kier alpha value is -1.45. The van der Waals surface area contributed by atoms with Crippen molar-refractivity contribution in [1.82, 2.24) is 4.31 Å². The first-order valence-corrected chi connectivity index (χ1v) is 10.2. The Labute approximate surface area is 155 Å². The molecule has 7 heteroatoms. The van der Waals surface area contributed by atoms with E-state index in [1.807, 2.05) is 24.3 Å². The number of sulfonamides is 1. The first-order valence-electron chi connectivity index (χ1n) is 7.64. The number of hydrogen-bond donors (Lipinski definition) is 1. The molecule has 0 aliphatic carbocycles. The van der Waals surface area contributed by atoms with E-state index in [4.69, 9.17) is 0 Å². The maximum atomic E-state index is 12.5. The number of carbonyl (C=O) groups is 1. The van der Waals surface area contributed by atoms with Gasteiger partial charge in [0.05, 0.1) is 4.90 Å². The van der Waals surface area contributed by atoms with E-state index in [0.717, 1.165) is 16.4 Å². The van der Waals surface area contributed by atoms with Crippen LogP contribution in [0.2, 0.25) is 0 Å². The average molecular weight is 456 g/mol. The molecule has 0 atom stereocenters. The van der Waals surface area contributed by atoms with Gasteiger partial charge in [-0.1, -0.05) is 6.07 Å². The molecule has 0 radical (unpaired) electrons. The highest BCUT2D eigenvalue weighted by Crippen LogP contribution is 2.21. The van der Waals surface area contributed by atoms with Crippen LogP contribution in [0.15, 0.2) is 53.4 Å². The highest BCUT2D eigenvalue weighted by molar-refractivity contribution is 14.1. The van der Waals surface area contributed by atoms with Crippen molar-refractivity contribution in [2.45, 2.75) is 17.7 Å². The number of hydrogen-bond acceptors (Lipinski definition) is 3. The van der Waals surface area contributed by atoms with Gasteiger partial charge in [0.1, 0.15) is 0 Å². The van der Waals surface area contributed by atoms with E-state index in [9.17, 15) is 13.2 Å². The molecular weight excluding hydrogens is 439 g/mol. The largest absolute Gasteiger partial charge is 0.322 e. The summed E-state index contributed by atoms with van der Waals surface area (Å²) in [5.41, 5.74) is 1.13. The number of rotatable bonds is 4. The molecule has 1 heterocycles. The summed E-state index contributed by atoms with van der Waals surface area (Å²) in [7, 11) is -3.45. The standard InChI is InChI=1S/C17H17IN2O3S/c18-14-4-3-5-15(12-14)19-17(21)13-6-8-16(9-7-13)24(22,23)20-10-1-2-11-20/h3-9,12H,1-2,10-11H2,(H,19,21). The normalized spacial score (nSPS) is 15.4. The van der Waals surface area contributed by atoms with Crippen LogP contribution in [0, 0.1) is 3.57 Å². The molecule has 0 bridgehead atoms. The second-order valence-electron chi connectivity index (χ2n) is 5.60. The van der Waals surface area contributed by atoms with Gasteiger partial charge in [-0.05, 0) is 77.9 Å². The van der Waals surface area contributed by atoms with Crippen LogP contribution in [0.3, 0.4) is 0 Å². The molecule has 1 N–H and O–H groups in total. The molecule has 3 rings (SSSR count). The zero-order chi connectivity index (χ0) is 17.2. The summed E-state index contributed by atoms with van der Waals surface area (Å²) in [6.07, 6.45) is 1.80. The topological polar surface area (TPSA) is 66.5 Å². The van der Waals surface area contributed by atoms with Crippen molar-refractivity contribution >= 4 is 44.2 Å². The molecule has 0 aromatic heterocycles. The van der Waals surface area contributed by atoms with Gasteiger partial charge >= 0.3 is 0 Å². The maximum Gasteiger partial charge on any atom is 0.255 e. The van der Waals surface area contributed by atoms with Crippen LogP contribution < -0.4 is 5.32 Å². The van der Waals surface area contributed by atoms with E-state index >= 15 is 0 Å². The average Bonchev–Trinajstić information content (AvgIpc) is 3.10. The Morgan fingerprint density at radius 3 is 2.33 bits per heavy atom. The monoisotopic (exact) mass is 456 g/mol. The Bertz CT molecular complexity index is 844. The molecule has 1 aliphatic heterocycles. The smallest absolute Gasteiger partial charge is 0.255 e. The van der Waals surface area contributed by atoms with Crippen LogP contribution >= 0.6 is 22.6 Å². The Morgan fingerprint density at radius 1 is 1.04 bits per heavy atom. The van der Waals surface area contributed by atoms with Crippen LogP contribution in [-0.2, 0) is 10.0 Å². The van der Waals surface area contributed by atoms with Gasteiger partial charge in [0.15, 0.2) is 0 Å². The Balaban J connectivity index is 1.75. The highest BCUT2D eigenvalue weighted by Gasteiger charge is 2.27. The summed E-state index contributed by atoms with van der Waals surface area (Å²) >= 11 is 2.18. The molecule has 2 aromatic carbocycles. The summed E-state index contributed by atoms with van der Waals surface area (Å²) in [6, 6.07) is 13.6. The van der Waals surface area contributed by atoms with E-state index < -0.39 is 10.0 Å². The fourth-order valence-electron chi connectivity index (χ4n) is 2.63. The van der Waals surface area contributed by atoms with Gasteiger partial charge in [-0.3, -0.25) is 4.79 Å². The van der Waals surface area contributed by atoms with Gasteiger partial charge in [0, 0.05) is 27.9 Å². The molecule has 1 amide bonds. The number of carbonyl (C=O) groups excluding carboxylic acids is 1. The quantitative estimate of drug-likeness (QED) is 0.718. The Morgan fingerprint density at radius 2 is 1.71 bits per heavy atom. The number of anilines is 1. The minimum absolute atomic E-state index is 0.232. The lowest BCUT2D eigenvalue weighted by Crippen LogP contribution is -2.27. The van der Waals surface area contributed by atoms with Gasteiger partial charge < -0.3 is 5.32 Å². The minimum atomic E-state index is -3.45. The van der Waals surface area contributed by atoms with Crippen molar-refractivity contribution in [3.63, 3.8) is 0 Å². The third-order valence-corrected chi connectivity index (χ3v) is 6.49. The molecule has 126 valence electrons. The van der Waals surface area contributed by atoms with Crippen LogP contribution in [0.1, 0.15) is 23.2 Å². The van der Waals surface area contributed by atoms with Crippen molar-refractivity contribution in [3.05, 3.63) is 57.7 Å². The molecule has 2 aromatic rings. The van der Waals surface area contributed by atoms with Gasteiger partial charge in [-0.2, -0.15) is 4.31 Å². The number of nitrogens with zero attached hydrogens (tertiary/aromatic N) is 1. The summed E-state index contributed by atoms with van der Waals surface area (Å²) in [4.78, 5) is 12.5. The van der Waals surface area contributed by atoms with Crippen LogP contribution in [0.4, 0.5) is 5.69 Å². The molecule has 1 fully saturated rings. The third kappa shape index (κ3) is 3.79. The predicted molar refractivity (Wildman–Crippen MR) is 102 cm³/mol. The molecule has 5 nitrogen and oxygen atoms in total. The Kier molecular flexibility index (Phi) is 5.21. The van der Waals surface area contributed by atoms with Crippen molar-refractivity contribution in [3.8, 4) is 0 Å². The van der Waals surface area contributed by atoms with Gasteiger partial charge in [0.25, 0.3) is 5.91 Å². The molecular formula is C17H17IN2O3S.